The van der Waals surface area contributed by atoms with E-state index in [1.807, 2.05) is 4.90 Å². The second-order valence-corrected chi connectivity index (χ2v) is 5.47. The van der Waals surface area contributed by atoms with E-state index in [2.05, 4.69) is 5.32 Å². The van der Waals surface area contributed by atoms with E-state index < -0.39 is 5.50 Å². The van der Waals surface area contributed by atoms with Crippen molar-refractivity contribution in [3.8, 4) is 0 Å². The number of carbonyl (C=O) groups is 1. The van der Waals surface area contributed by atoms with Crippen LogP contribution in [0, 0.1) is 5.92 Å². The lowest BCUT2D eigenvalue weighted by atomic mass is 9.98. The predicted octanol–water partition coefficient (Wildman–Crippen LogP) is 2.18. The van der Waals surface area contributed by atoms with Crippen LogP contribution >= 0.6 is 11.6 Å². The first-order chi connectivity index (χ1) is 7.75. The Kier molecular flexibility index (Phi) is 2.58. The number of allylic oxidation sites excluding steroid dienone is 2. The molecule has 1 unspecified atom stereocenters. The summed E-state index contributed by atoms with van der Waals surface area (Å²) in [5, 5.41) is 3.15. The van der Waals surface area contributed by atoms with Crippen LogP contribution in [0.15, 0.2) is 11.4 Å². The largest absolute Gasteiger partial charge is 0.364 e. The molecule has 3 aliphatic rings. The monoisotopic (exact) mass is 240 g/mol. The summed E-state index contributed by atoms with van der Waals surface area (Å²) < 4.78 is 0. The molecule has 4 heteroatoms. The van der Waals surface area contributed by atoms with Gasteiger partial charge in [-0.2, -0.15) is 0 Å². The van der Waals surface area contributed by atoms with Gasteiger partial charge in [-0.15, -0.1) is 0 Å². The SMILES string of the molecule is O=C1C(Cl)NC2=C(CCCC2)N1CC1CC1. The molecule has 0 spiro atoms. The van der Waals surface area contributed by atoms with Crippen LogP contribution in [0.4, 0.5) is 0 Å². The van der Waals surface area contributed by atoms with Crippen LogP contribution in [-0.4, -0.2) is 22.9 Å². The van der Waals surface area contributed by atoms with Crippen molar-refractivity contribution < 1.29 is 4.79 Å². The normalized spacial score (nSPS) is 30.2. The minimum absolute atomic E-state index is 0.0502. The first-order valence-electron chi connectivity index (χ1n) is 6.19. The molecule has 1 atom stereocenters. The van der Waals surface area contributed by atoms with Crippen molar-refractivity contribution in [2.45, 2.75) is 44.0 Å². The highest BCUT2D eigenvalue weighted by Gasteiger charge is 2.36. The quantitative estimate of drug-likeness (QED) is 0.593. The van der Waals surface area contributed by atoms with E-state index in [0.717, 1.165) is 25.3 Å². The fraction of sp³-hybridized carbons (Fsp3) is 0.750. The van der Waals surface area contributed by atoms with Gasteiger partial charge in [0.2, 0.25) is 0 Å². The molecule has 1 fully saturated rings. The Morgan fingerprint density at radius 3 is 2.81 bits per heavy atom. The van der Waals surface area contributed by atoms with E-state index >= 15 is 0 Å². The molecular weight excluding hydrogens is 224 g/mol. The third kappa shape index (κ3) is 1.81. The molecule has 1 aliphatic heterocycles. The molecular formula is C12H17ClN2O. The van der Waals surface area contributed by atoms with Crippen molar-refractivity contribution in [2.24, 2.45) is 5.92 Å². The molecule has 0 saturated heterocycles. The smallest absolute Gasteiger partial charge is 0.264 e. The van der Waals surface area contributed by atoms with E-state index in [-0.39, 0.29) is 5.91 Å². The molecule has 1 heterocycles. The number of nitrogens with one attached hydrogen (secondary N) is 1. The van der Waals surface area contributed by atoms with Crippen LogP contribution in [-0.2, 0) is 4.79 Å². The summed E-state index contributed by atoms with van der Waals surface area (Å²) in [6.07, 6.45) is 7.03. The topological polar surface area (TPSA) is 32.3 Å². The maximum absolute atomic E-state index is 12.0. The Balaban J connectivity index is 1.86. The van der Waals surface area contributed by atoms with Gasteiger partial charge in [-0.05, 0) is 44.4 Å². The summed E-state index contributed by atoms with van der Waals surface area (Å²) in [4.78, 5) is 14.0. The zero-order valence-corrected chi connectivity index (χ0v) is 10.1. The van der Waals surface area contributed by atoms with Gasteiger partial charge in [0.1, 0.15) is 0 Å². The molecule has 0 bridgehead atoms. The summed E-state index contributed by atoms with van der Waals surface area (Å²) in [6.45, 7) is 0.891. The van der Waals surface area contributed by atoms with Crippen molar-refractivity contribution in [3.63, 3.8) is 0 Å². The van der Waals surface area contributed by atoms with Crippen LogP contribution in [0.1, 0.15) is 38.5 Å². The van der Waals surface area contributed by atoms with Gasteiger partial charge in [-0.3, -0.25) is 4.79 Å². The minimum atomic E-state index is -0.546. The van der Waals surface area contributed by atoms with Crippen molar-refractivity contribution >= 4 is 17.5 Å². The van der Waals surface area contributed by atoms with Gasteiger partial charge in [0, 0.05) is 17.9 Å². The number of halogens is 1. The van der Waals surface area contributed by atoms with E-state index in [1.54, 1.807) is 0 Å². The van der Waals surface area contributed by atoms with Crippen LogP contribution < -0.4 is 5.32 Å². The Morgan fingerprint density at radius 1 is 1.31 bits per heavy atom. The third-order valence-corrected chi connectivity index (χ3v) is 3.98. The van der Waals surface area contributed by atoms with Gasteiger partial charge in [0.05, 0.1) is 0 Å². The summed E-state index contributed by atoms with van der Waals surface area (Å²) in [6, 6.07) is 0. The Bertz CT molecular complexity index is 349. The molecule has 16 heavy (non-hydrogen) atoms. The molecule has 1 amide bonds. The Labute approximate surface area is 101 Å². The molecule has 2 aliphatic carbocycles. The highest BCUT2D eigenvalue weighted by atomic mass is 35.5. The number of carbonyl (C=O) groups excluding carboxylic acids is 1. The zero-order chi connectivity index (χ0) is 11.1. The number of hydrogen-bond acceptors (Lipinski definition) is 2. The lowest BCUT2D eigenvalue weighted by molar-refractivity contribution is -0.130. The average molecular weight is 241 g/mol. The van der Waals surface area contributed by atoms with E-state index in [1.165, 1.54) is 37.1 Å². The van der Waals surface area contributed by atoms with Gasteiger partial charge in [0.15, 0.2) is 5.50 Å². The van der Waals surface area contributed by atoms with E-state index in [4.69, 9.17) is 11.6 Å². The van der Waals surface area contributed by atoms with Crippen LogP contribution in [0.25, 0.3) is 0 Å². The molecule has 0 aromatic rings. The van der Waals surface area contributed by atoms with Crippen LogP contribution in [0.2, 0.25) is 0 Å². The van der Waals surface area contributed by atoms with Crippen molar-refractivity contribution in [1.82, 2.24) is 10.2 Å². The molecule has 88 valence electrons. The lowest BCUT2D eigenvalue weighted by Gasteiger charge is -2.37. The minimum Gasteiger partial charge on any atom is -0.364 e. The first-order valence-corrected chi connectivity index (χ1v) is 6.63. The molecule has 0 radical (unpaired) electrons. The summed E-state index contributed by atoms with van der Waals surface area (Å²) in [5.74, 6) is 0.774. The number of alkyl halides is 1. The highest BCUT2D eigenvalue weighted by Crippen LogP contribution is 2.36. The Hall–Kier alpha value is -0.700. The van der Waals surface area contributed by atoms with Gasteiger partial charge in [0.25, 0.3) is 5.91 Å². The van der Waals surface area contributed by atoms with Gasteiger partial charge in [-0.25, -0.2) is 0 Å². The second kappa shape index (κ2) is 3.95. The van der Waals surface area contributed by atoms with Gasteiger partial charge >= 0.3 is 0 Å². The number of hydrogen-bond donors (Lipinski definition) is 1. The number of nitrogens with zero attached hydrogens (tertiary/aromatic N) is 1. The van der Waals surface area contributed by atoms with Crippen molar-refractivity contribution in [3.05, 3.63) is 11.4 Å². The zero-order valence-electron chi connectivity index (χ0n) is 9.34. The first kappa shape index (κ1) is 10.5. The lowest BCUT2D eigenvalue weighted by Crippen LogP contribution is -2.50. The predicted molar refractivity (Wildman–Crippen MR) is 62.7 cm³/mol. The van der Waals surface area contributed by atoms with Crippen LogP contribution in [0.3, 0.4) is 0 Å². The Morgan fingerprint density at radius 2 is 2.06 bits per heavy atom. The van der Waals surface area contributed by atoms with Crippen molar-refractivity contribution in [2.75, 3.05) is 6.54 Å². The average Bonchev–Trinajstić information content (AvgIpc) is 3.08. The molecule has 1 N–H and O–H groups in total. The summed E-state index contributed by atoms with van der Waals surface area (Å²) >= 11 is 6.05. The molecule has 0 aromatic heterocycles. The summed E-state index contributed by atoms with van der Waals surface area (Å²) in [7, 11) is 0. The van der Waals surface area contributed by atoms with Crippen LogP contribution in [0.5, 0.6) is 0 Å². The summed E-state index contributed by atoms with van der Waals surface area (Å²) in [5.41, 5.74) is 1.89. The maximum Gasteiger partial charge on any atom is 0.264 e. The van der Waals surface area contributed by atoms with E-state index in [0.29, 0.717) is 0 Å². The standard InChI is InChI=1S/C12H17ClN2O/c13-11-12(16)15(7-8-5-6-8)10-4-2-1-3-9(10)14-11/h8,11,14H,1-7H2. The van der Waals surface area contributed by atoms with Gasteiger partial charge < -0.3 is 10.2 Å². The molecule has 0 aromatic carbocycles. The number of rotatable bonds is 2. The molecule has 3 rings (SSSR count). The fourth-order valence-electron chi connectivity index (χ4n) is 2.59. The highest BCUT2D eigenvalue weighted by molar-refractivity contribution is 6.30. The molecule has 1 saturated carbocycles. The van der Waals surface area contributed by atoms with E-state index in [9.17, 15) is 4.79 Å². The second-order valence-electron chi connectivity index (χ2n) is 5.03. The van der Waals surface area contributed by atoms with Gasteiger partial charge in [-0.1, -0.05) is 11.6 Å². The third-order valence-electron chi connectivity index (χ3n) is 3.69. The maximum atomic E-state index is 12.0. The number of amides is 1. The fourth-order valence-corrected chi connectivity index (χ4v) is 2.84. The van der Waals surface area contributed by atoms with Crippen molar-refractivity contribution in [1.29, 1.82) is 0 Å². The molecule has 3 nitrogen and oxygen atoms in total.